The molecule has 0 radical (unpaired) electrons. The molecule has 5 heteroatoms. The quantitative estimate of drug-likeness (QED) is 0.830. The van der Waals surface area contributed by atoms with Crippen LogP contribution in [0.1, 0.15) is 12.8 Å². The summed E-state index contributed by atoms with van der Waals surface area (Å²) in [6, 6.07) is 7.56. The Bertz CT molecular complexity index is 564. The van der Waals surface area contributed by atoms with E-state index in [2.05, 4.69) is 10.6 Å². The highest BCUT2D eigenvalue weighted by atomic mass is 32.2. The molecular weight excluding hydrogens is 260 g/mol. The highest BCUT2D eigenvalue weighted by molar-refractivity contribution is 8.04. The van der Waals surface area contributed by atoms with Crippen LogP contribution in [0.25, 0.3) is 0 Å². The first-order valence-corrected chi connectivity index (χ1v) is 7.12. The molecule has 2 N–H and O–H groups in total. The second-order valence-corrected chi connectivity index (χ2v) is 5.83. The molecule has 3 rings (SSSR count). The van der Waals surface area contributed by atoms with E-state index in [-0.39, 0.29) is 11.8 Å². The average molecular weight is 274 g/mol. The van der Waals surface area contributed by atoms with Gasteiger partial charge in [0.1, 0.15) is 0 Å². The molecule has 1 heterocycles. The molecule has 19 heavy (non-hydrogen) atoms. The molecule has 0 spiro atoms. The number of rotatable bonds is 3. The fourth-order valence-corrected chi connectivity index (χ4v) is 2.76. The van der Waals surface area contributed by atoms with Crippen LogP contribution in [0.15, 0.2) is 40.1 Å². The van der Waals surface area contributed by atoms with Crippen LogP contribution in [0.5, 0.6) is 0 Å². The van der Waals surface area contributed by atoms with Crippen LogP contribution in [0.2, 0.25) is 0 Å². The number of anilines is 1. The molecule has 1 saturated carbocycles. The maximum atomic E-state index is 11.9. The molecule has 0 aromatic heterocycles. The van der Waals surface area contributed by atoms with Gasteiger partial charge in [-0.15, -0.1) is 0 Å². The van der Waals surface area contributed by atoms with Crippen molar-refractivity contribution in [1.82, 2.24) is 5.32 Å². The average Bonchev–Trinajstić information content (AvgIpc) is 3.21. The first-order valence-electron chi connectivity index (χ1n) is 6.30. The molecule has 2 amide bonds. The summed E-state index contributed by atoms with van der Waals surface area (Å²) >= 11 is 1.33. The number of amides is 2. The van der Waals surface area contributed by atoms with Crippen molar-refractivity contribution in [3.8, 4) is 0 Å². The third-order valence-corrected chi connectivity index (χ3v) is 4.20. The van der Waals surface area contributed by atoms with Crippen LogP contribution in [0.3, 0.4) is 0 Å². The van der Waals surface area contributed by atoms with Crippen molar-refractivity contribution in [3.63, 3.8) is 0 Å². The van der Waals surface area contributed by atoms with E-state index in [1.165, 1.54) is 30.7 Å². The Morgan fingerprint density at radius 1 is 1.42 bits per heavy atom. The zero-order valence-corrected chi connectivity index (χ0v) is 11.1. The normalized spacial score (nSPS) is 19.8. The number of para-hydroxylation sites is 1. The topological polar surface area (TPSA) is 58.2 Å². The minimum Gasteiger partial charge on any atom is -0.352 e. The van der Waals surface area contributed by atoms with E-state index in [0.717, 1.165) is 10.6 Å². The van der Waals surface area contributed by atoms with Gasteiger partial charge in [-0.05, 0) is 30.9 Å². The number of hydrogen-bond donors (Lipinski definition) is 2. The molecule has 1 fully saturated rings. The highest BCUT2D eigenvalue weighted by Crippen LogP contribution is 2.37. The Morgan fingerprint density at radius 2 is 2.21 bits per heavy atom. The third kappa shape index (κ3) is 2.98. The monoisotopic (exact) mass is 274 g/mol. The number of benzene rings is 1. The molecule has 0 atom stereocenters. The molecule has 0 bridgehead atoms. The van der Waals surface area contributed by atoms with Crippen molar-refractivity contribution >= 4 is 29.3 Å². The first-order chi connectivity index (χ1) is 9.22. The summed E-state index contributed by atoms with van der Waals surface area (Å²) in [4.78, 5) is 25.0. The lowest BCUT2D eigenvalue weighted by Gasteiger charge is -2.17. The van der Waals surface area contributed by atoms with Crippen LogP contribution in [0, 0.1) is 5.92 Å². The fraction of sp³-hybridized carbons (Fsp3) is 0.286. The first kappa shape index (κ1) is 12.3. The van der Waals surface area contributed by atoms with Crippen molar-refractivity contribution < 1.29 is 9.59 Å². The van der Waals surface area contributed by atoms with Gasteiger partial charge in [0.25, 0.3) is 5.91 Å². The van der Waals surface area contributed by atoms with Crippen molar-refractivity contribution in [2.45, 2.75) is 17.7 Å². The number of thioether (sulfide) groups is 1. The molecule has 1 aliphatic heterocycles. The number of hydrogen-bond acceptors (Lipinski definition) is 3. The van der Waals surface area contributed by atoms with E-state index in [4.69, 9.17) is 0 Å². The summed E-state index contributed by atoms with van der Waals surface area (Å²) in [5, 5.41) is 5.61. The van der Waals surface area contributed by atoms with Crippen LogP contribution in [-0.4, -0.2) is 18.4 Å². The SMILES string of the molecule is O=C(C=C1Sc2ccccc2NC1=O)NCC1CC1. The predicted octanol–water partition coefficient (Wildman–Crippen LogP) is 2.14. The van der Waals surface area contributed by atoms with Gasteiger partial charge < -0.3 is 10.6 Å². The smallest absolute Gasteiger partial charge is 0.262 e. The molecule has 2 aliphatic rings. The second-order valence-electron chi connectivity index (χ2n) is 4.75. The van der Waals surface area contributed by atoms with E-state index in [9.17, 15) is 9.59 Å². The second kappa shape index (κ2) is 5.09. The predicted molar refractivity (Wildman–Crippen MR) is 74.7 cm³/mol. The van der Waals surface area contributed by atoms with E-state index < -0.39 is 0 Å². The van der Waals surface area contributed by atoms with Gasteiger partial charge in [0.15, 0.2) is 0 Å². The fourth-order valence-electron chi connectivity index (χ4n) is 1.84. The van der Waals surface area contributed by atoms with E-state index in [1.54, 1.807) is 0 Å². The minimum absolute atomic E-state index is 0.191. The van der Waals surface area contributed by atoms with Gasteiger partial charge in [-0.1, -0.05) is 23.9 Å². The summed E-state index contributed by atoms with van der Waals surface area (Å²) in [5.74, 6) is 0.227. The summed E-state index contributed by atoms with van der Waals surface area (Å²) in [7, 11) is 0. The Morgan fingerprint density at radius 3 is 3.00 bits per heavy atom. The molecule has 1 aliphatic carbocycles. The summed E-state index contributed by atoms with van der Waals surface area (Å²) in [6.07, 6.45) is 3.78. The molecule has 1 aromatic carbocycles. The van der Waals surface area contributed by atoms with Crippen LogP contribution >= 0.6 is 11.8 Å². The molecule has 98 valence electrons. The third-order valence-electron chi connectivity index (χ3n) is 3.10. The Balaban J connectivity index is 1.70. The van der Waals surface area contributed by atoms with Gasteiger partial charge in [0.2, 0.25) is 5.91 Å². The summed E-state index contributed by atoms with van der Waals surface area (Å²) < 4.78 is 0. The maximum Gasteiger partial charge on any atom is 0.262 e. The lowest BCUT2D eigenvalue weighted by atomic mass is 10.3. The van der Waals surface area contributed by atoms with Gasteiger partial charge in [-0.2, -0.15) is 0 Å². The lowest BCUT2D eigenvalue weighted by Crippen LogP contribution is -2.25. The van der Waals surface area contributed by atoms with Crippen molar-refractivity contribution in [3.05, 3.63) is 35.2 Å². The molecule has 4 nitrogen and oxygen atoms in total. The van der Waals surface area contributed by atoms with Crippen molar-refractivity contribution in [1.29, 1.82) is 0 Å². The largest absolute Gasteiger partial charge is 0.352 e. The van der Waals surface area contributed by atoms with Crippen molar-refractivity contribution in [2.75, 3.05) is 11.9 Å². The van der Waals surface area contributed by atoms with Gasteiger partial charge in [-0.25, -0.2) is 0 Å². The Hall–Kier alpha value is -1.75. The number of carbonyl (C=O) groups excluding carboxylic acids is 2. The van der Waals surface area contributed by atoms with Gasteiger partial charge >= 0.3 is 0 Å². The van der Waals surface area contributed by atoms with Crippen LogP contribution in [0.4, 0.5) is 5.69 Å². The van der Waals surface area contributed by atoms with E-state index in [0.29, 0.717) is 17.4 Å². The number of carbonyl (C=O) groups is 2. The summed E-state index contributed by atoms with van der Waals surface area (Å²) in [5.41, 5.74) is 0.799. The van der Waals surface area contributed by atoms with Crippen LogP contribution < -0.4 is 10.6 Å². The molecular formula is C14H14N2O2S. The maximum absolute atomic E-state index is 11.9. The van der Waals surface area contributed by atoms with Crippen LogP contribution in [-0.2, 0) is 9.59 Å². The zero-order valence-electron chi connectivity index (χ0n) is 10.3. The van der Waals surface area contributed by atoms with Gasteiger partial charge in [0.05, 0.1) is 10.6 Å². The lowest BCUT2D eigenvalue weighted by molar-refractivity contribution is -0.117. The van der Waals surface area contributed by atoms with Gasteiger partial charge in [-0.3, -0.25) is 9.59 Å². The van der Waals surface area contributed by atoms with Gasteiger partial charge in [0, 0.05) is 17.5 Å². The molecule has 1 aromatic rings. The number of nitrogens with one attached hydrogen (secondary N) is 2. The van der Waals surface area contributed by atoms with Crippen molar-refractivity contribution in [2.24, 2.45) is 5.92 Å². The summed E-state index contributed by atoms with van der Waals surface area (Å²) in [6.45, 7) is 0.714. The molecule has 0 saturated heterocycles. The number of fused-ring (bicyclic) bond motifs is 1. The Kier molecular flexibility index (Phi) is 3.29. The van der Waals surface area contributed by atoms with E-state index in [1.807, 2.05) is 24.3 Å². The highest BCUT2D eigenvalue weighted by Gasteiger charge is 2.23. The standard InChI is InChI=1S/C14H14N2O2S/c17-13(15-8-9-5-6-9)7-12-14(18)16-10-3-1-2-4-11(10)19-12/h1-4,7,9H,5-6,8H2,(H,15,17)(H,16,18). The van der Waals surface area contributed by atoms with E-state index >= 15 is 0 Å². The zero-order chi connectivity index (χ0) is 13.2. The minimum atomic E-state index is -0.217. The molecule has 0 unspecified atom stereocenters. The Labute approximate surface area is 115 Å².